The van der Waals surface area contributed by atoms with Crippen molar-refractivity contribution < 1.29 is 9.53 Å². The summed E-state index contributed by atoms with van der Waals surface area (Å²) >= 11 is 7.12. The Labute approximate surface area is 172 Å². The number of nitrogens with zero attached hydrogens (tertiary/aromatic N) is 3. The monoisotopic (exact) mass is 412 g/mol. The number of piperazine rings is 1. The van der Waals surface area contributed by atoms with Crippen molar-refractivity contribution in [1.29, 1.82) is 0 Å². The zero-order valence-electron chi connectivity index (χ0n) is 15.4. The minimum atomic E-state index is -0.383. The van der Waals surface area contributed by atoms with E-state index >= 15 is 0 Å². The van der Waals surface area contributed by atoms with Gasteiger partial charge in [0.1, 0.15) is 5.82 Å². The number of esters is 1. The number of methoxy groups -OCH3 is 1. The van der Waals surface area contributed by atoms with Gasteiger partial charge in [0, 0.05) is 31.6 Å². The van der Waals surface area contributed by atoms with Gasteiger partial charge in [-0.15, -0.1) is 0 Å². The van der Waals surface area contributed by atoms with Crippen LogP contribution in [-0.4, -0.2) is 53.6 Å². The Morgan fingerprint density at radius 3 is 2.61 bits per heavy atom. The van der Waals surface area contributed by atoms with Crippen LogP contribution < -0.4 is 10.2 Å². The zero-order valence-corrected chi connectivity index (χ0v) is 17.1. The second-order valence-corrected chi connectivity index (χ2v) is 7.64. The number of carbonyl (C=O) groups excluding carboxylic acids is 1. The molecule has 0 spiro atoms. The average molecular weight is 413 g/mol. The van der Waals surface area contributed by atoms with Crippen LogP contribution in [0.1, 0.15) is 10.4 Å². The van der Waals surface area contributed by atoms with Crippen molar-refractivity contribution >= 4 is 56.4 Å². The van der Waals surface area contributed by atoms with Crippen LogP contribution in [0, 0.1) is 0 Å². The lowest BCUT2D eigenvalue weighted by Crippen LogP contribution is -2.50. The molecule has 4 rings (SSSR count). The van der Waals surface area contributed by atoms with E-state index in [1.165, 1.54) is 28.7 Å². The van der Waals surface area contributed by atoms with Crippen LogP contribution >= 0.6 is 23.8 Å². The highest BCUT2D eigenvalue weighted by molar-refractivity contribution is 7.80. The number of nitrogens with one attached hydrogen (secondary N) is 1. The quantitative estimate of drug-likeness (QED) is 0.521. The van der Waals surface area contributed by atoms with E-state index in [1.807, 2.05) is 24.3 Å². The molecule has 3 aromatic rings. The predicted molar refractivity (Wildman–Crippen MR) is 117 cm³/mol. The topological polar surface area (TPSA) is 57.7 Å². The molecule has 6 nitrogen and oxygen atoms in total. The van der Waals surface area contributed by atoms with Crippen LogP contribution in [0.3, 0.4) is 0 Å². The van der Waals surface area contributed by atoms with Gasteiger partial charge < -0.3 is 19.9 Å². The van der Waals surface area contributed by atoms with Crippen molar-refractivity contribution in [2.75, 3.05) is 43.5 Å². The van der Waals surface area contributed by atoms with E-state index in [9.17, 15) is 4.79 Å². The van der Waals surface area contributed by atoms with E-state index < -0.39 is 0 Å². The molecule has 0 atom stereocenters. The number of rotatable bonds is 3. The normalized spacial score (nSPS) is 14.2. The number of anilines is 2. The summed E-state index contributed by atoms with van der Waals surface area (Å²) in [7, 11) is 1.37. The van der Waals surface area contributed by atoms with E-state index in [0.29, 0.717) is 16.4 Å². The van der Waals surface area contributed by atoms with Crippen LogP contribution in [0.15, 0.2) is 48.5 Å². The summed E-state index contributed by atoms with van der Waals surface area (Å²) in [5, 5.41) is 5.01. The summed E-state index contributed by atoms with van der Waals surface area (Å²) in [5.41, 5.74) is 1.13. The minimum absolute atomic E-state index is 0.383. The number of fused-ring (bicyclic) bond motifs is 1. The fourth-order valence-electron chi connectivity index (χ4n) is 3.30. The van der Waals surface area contributed by atoms with Gasteiger partial charge in [0.2, 0.25) is 0 Å². The van der Waals surface area contributed by atoms with E-state index in [-0.39, 0.29) is 5.97 Å². The van der Waals surface area contributed by atoms with Gasteiger partial charge >= 0.3 is 5.97 Å². The molecule has 1 aliphatic heterocycles. The maximum Gasteiger partial charge on any atom is 0.339 e. The van der Waals surface area contributed by atoms with Gasteiger partial charge in [0.25, 0.3) is 0 Å². The number of aromatic nitrogens is 1. The standard InChI is InChI=1S/C20H20N4O2S2/c1-26-19(25)14-6-2-4-8-16(14)21-20(27)24-12-10-23(11-13-24)18-15-7-3-5-9-17(15)28-22-18/h2-9H,10-13H2,1H3,(H,21,27). The Kier molecular flexibility index (Phi) is 5.40. The molecular formula is C20H20N4O2S2. The number of para-hydroxylation sites is 1. The smallest absolute Gasteiger partial charge is 0.339 e. The molecule has 1 fully saturated rings. The largest absolute Gasteiger partial charge is 0.465 e. The highest BCUT2D eigenvalue weighted by Crippen LogP contribution is 2.30. The summed E-state index contributed by atoms with van der Waals surface area (Å²) in [6, 6.07) is 15.5. The maximum atomic E-state index is 11.9. The van der Waals surface area contributed by atoms with Gasteiger partial charge in [-0.1, -0.05) is 24.3 Å². The van der Waals surface area contributed by atoms with Crippen molar-refractivity contribution in [3.63, 3.8) is 0 Å². The van der Waals surface area contributed by atoms with Crippen molar-refractivity contribution in [2.45, 2.75) is 0 Å². The number of hydrogen-bond acceptors (Lipinski definition) is 6. The first-order valence-corrected chi connectivity index (χ1v) is 10.2. The van der Waals surface area contributed by atoms with Crippen molar-refractivity contribution in [3.05, 3.63) is 54.1 Å². The van der Waals surface area contributed by atoms with Gasteiger partial charge in [-0.2, -0.15) is 4.37 Å². The summed E-state index contributed by atoms with van der Waals surface area (Å²) in [4.78, 5) is 16.4. The first-order chi connectivity index (χ1) is 13.7. The lowest BCUT2D eigenvalue weighted by molar-refractivity contribution is 0.0602. The van der Waals surface area contributed by atoms with Crippen molar-refractivity contribution in [1.82, 2.24) is 9.27 Å². The summed E-state index contributed by atoms with van der Waals surface area (Å²) < 4.78 is 10.7. The molecule has 0 amide bonds. The first-order valence-electron chi connectivity index (χ1n) is 9.00. The van der Waals surface area contributed by atoms with Crippen LogP contribution in [-0.2, 0) is 4.74 Å². The summed E-state index contributed by atoms with van der Waals surface area (Å²) in [6.07, 6.45) is 0. The fourth-order valence-corrected chi connectivity index (χ4v) is 4.38. The average Bonchev–Trinajstić information content (AvgIpc) is 3.18. The third-order valence-corrected chi connectivity index (χ3v) is 5.98. The Morgan fingerprint density at radius 2 is 1.82 bits per heavy atom. The van der Waals surface area contributed by atoms with E-state index in [2.05, 4.69) is 31.6 Å². The molecule has 1 aliphatic rings. The predicted octanol–water partition coefficient (Wildman–Crippen LogP) is 3.60. The zero-order chi connectivity index (χ0) is 19.5. The van der Waals surface area contributed by atoms with Crippen LogP contribution in [0.5, 0.6) is 0 Å². The molecule has 28 heavy (non-hydrogen) atoms. The van der Waals surface area contributed by atoms with Gasteiger partial charge in [0.05, 0.1) is 23.1 Å². The van der Waals surface area contributed by atoms with Crippen LogP contribution in [0.25, 0.3) is 10.1 Å². The Balaban J connectivity index is 1.42. The number of hydrogen-bond donors (Lipinski definition) is 1. The molecule has 1 saturated heterocycles. The van der Waals surface area contributed by atoms with Crippen LogP contribution in [0.4, 0.5) is 11.5 Å². The fraction of sp³-hybridized carbons (Fsp3) is 0.250. The lowest BCUT2D eigenvalue weighted by atomic mass is 10.2. The van der Waals surface area contributed by atoms with Crippen molar-refractivity contribution in [3.8, 4) is 0 Å². The molecule has 0 unspecified atom stereocenters. The molecule has 0 bridgehead atoms. The second-order valence-electron chi connectivity index (χ2n) is 6.44. The maximum absolute atomic E-state index is 11.9. The number of thiocarbonyl (C=S) groups is 1. The molecule has 1 N–H and O–H groups in total. The third kappa shape index (κ3) is 3.65. The molecule has 144 valence electrons. The first kappa shape index (κ1) is 18.6. The summed E-state index contributed by atoms with van der Waals surface area (Å²) in [6.45, 7) is 3.26. The van der Waals surface area contributed by atoms with Crippen molar-refractivity contribution in [2.24, 2.45) is 0 Å². The van der Waals surface area contributed by atoms with Gasteiger partial charge in [0.15, 0.2) is 5.11 Å². The van der Waals surface area contributed by atoms with Gasteiger partial charge in [-0.05, 0) is 48.0 Å². The highest BCUT2D eigenvalue weighted by atomic mass is 32.1. The van der Waals surface area contributed by atoms with Gasteiger partial charge in [-0.3, -0.25) is 0 Å². The molecule has 1 aromatic heterocycles. The Morgan fingerprint density at radius 1 is 1.11 bits per heavy atom. The molecule has 2 heterocycles. The molecule has 0 radical (unpaired) electrons. The second kappa shape index (κ2) is 8.12. The van der Waals surface area contributed by atoms with E-state index in [4.69, 9.17) is 17.0 Å². The Bertz CT molecular complexity index is 1010. The molecule has 0 saturated carbocycles. The molecule has 0 aliphatic carbocycles. The third-order valence-electron chi connectivity index (χ3n) is 4.80. The van der Waals surface area contributed by atoms with E-state index in [1.54, 1.807) is 12.1 Å². The Hall–Kier alpha value is -2.71. The SMILES string of the molecule is COC(=O)c1ccccc1NC(=S)N1CCN(c2nsc3ccccc23)CC1. The molecular weight excluding hydrogens is 392 g/mol. The minimum Gasteiger partial charge on any atom is -0.465 e. The molecule has 8 heteroatoms. The van der Waals surface area contributed by atoms with E-state index in [0.717, 1.165) is 32.0 Å². The van der Waals surface area contributed by atoms with Gasteiger partial charge in [-0.25, -0.2) is 4.79 Å². The highest BCUT2D eigenvalue weighted by Gasteiger charge is 2.23. The number of carbonyl (C=O) groups is 1. The number of benzene rings is 2. The molecule has 2 aromatic carbocycles. The summed E-state index contributed by atoms with van der Waals surface area (Å²) in [5.74, 6) is 0.668. The van der Waals surface area contributed by atoms with Crippen LogP contribution in [0.2, 0.25) is 0 Å². The number of ether oxygens (including phenoxy) is 1. The lowest BCUT2D eigenvalue weighted by Gasteiger charge is -2.36.